The van der Waals surface area contributed by atoms with Crippen molar-refractivity contribution in [1.82, 2.24) is 0 Å². The van der Waals surface area contributed by atoms with Gasteiger partial charge in [0.1, 0.15) is 5.75 Å². The molecule has 2 aromatic rings. The van der Waals surface area contributed by atoms with Crippen molar-refractivity contribution in [2.24, 2.45) is 5.73 Å². The molecule has 0 atom stereocenters. The summed E-state index contributed by atoms with van der Waals surface area (Å²) in [5, 5.41) is 0. The molecule has 0 bridgehead atoms. The first-order valence-electron chi connectivity index (χ1n) is 7.16. The molecule has 2 aromatic carbocycles. The first-order chi connectivity index (χ1) is 11.8. The molecule has 1 amide bonds. The number of carbonyl (C=O) groups excluding carboxylic acids is 2. The number of amides is 1. The number of benzene rings is 2. The van der Waals surface area contributed by atoms with E-state index in [1.165, 1.54) is 36.4 Å². The van der Waals surface area contributed by atoms with Gasteiger partial charge < -0.3 is 10.5 Å². The summed E-state index contributed by atoms with van der Waals surface area (Å²) < 4.78 is 43.1. The Balaban J connectivity index is 2.13. The van der Waals surface area contributed by atoms with Gasteiger partial charge in [0, 0.05) is 5.56 Å². The van der Waals surface area contributed by atoms with Crippen LogP contribution in [0.25, 0.3) is 6.08 Å². The van der Waals surface area contributed by atoms with Gasteiger partial charge in [-0.15, -0.1) is 0 Å². The summed E-state index contributed by atoms with van der Waals surface area (Å²) in [6.45, 7) is -0.322. The van der Waals surface area contributed by atoms with Crippen LogP contribution in [-0.2, 0) is 11.0 Å². The smallest absolute Gasteiger partial charge is 0.416 e. The van der Waals surface area contributed by atoms with Crippen LogP contribution in [0.15, 0.2) is 54.6 Å². The van der Waals surface area contributed by atoms with Crippen molar-refractivity contribution < 1.29 is 27.5 Å². The number of nitrogens with two attached hydrogens (primary N) is 1. The van der Waals surface area contributed by atoms with E-state index in [-0.39, 0.29) is 23.5 Å². The van der Waals surface area contributed by atoms with Crippen molar-refractivity contribution in [3.8, 4) is 5.75 Å². The average Bonchev–Trinajstić information content (AvgIpc) is 2.57. The fourth-order valence-electron chi connectivity index (χ4n) is 1.98. The molecule has 0 radical (unpaired) electrons. The zero-order valence-electron chi connectivity index (χ0n) is 12.9. The van der Waals surface area contributed by atoms with Gasteiger partial charge in [0.05, 0.1) is 5.56 Å². The summed E-state index contributed by atoms with van der Waals surface area (Å²) in [6.07, 6.45) is -1.98. The maximum atomic E-state index is 12.7. The van der Waals surface area contributed by atoms with Gasteiger partial charge in [-0.3, -0.25) is 9.59 Å². The van der Waals surface area contributed by atoms with E-state index in [1.54, 1.807) is 12.1 Å². The van der Waals surface area contributed by atoms with Crippen LogP contribution >= 0.6 is 0 Å². The lowest BCUT2D eigenvalue weighted by atomic mass is 10.1. The Morgan fingerprint density at radius 1 is 1.08 bits per heavy atom. The summed E-state index contributed by atoms with van der Waals surface area (Å²) in [6, 6.07) is 10.7. The van der Waals surface area contributed by atoms with E-state index in [9.17, 15) is 22.8 Å². The fourth-order valence-corrected chi connectivity index (χ4v) is 1.98. The standard InChI is InChI=1S/C18H14F3NO3/c19-18(20,21)14-5-1-3-12(9-14)7-8-16(23)13-4-2-6-15(10-13)25-11-17(22)24/h1-10H,11H2,(H2,22,24)/b8-7+. The minimum absolute atomic E-state index is 0.254. The fraction of sp³-hybridized carbons (Fsp3) is 0.111. The minimum atomic E-state index is -4.44. The highest BCUT2D eigenvalue weighted by molar-refractivity contribution is 6.07. The molecule has 130 valence electrons. The highest BCUT2D eigenvalue weighted by Gasteiger charge is 2.30. The molecule has 0 saturated carbocycles. The van der Waals surface area contributed by atoms with Crippen LogP contribution in [0.4, 0.5) is 13.2 Å². The predicted octanol–water partition coefficient (Wildman–Crippen LogP) is 3.47. The third kappa shape index (κ3) is 5.49. The van der Waals surface area contributed by atoms with Crippen molar-refractivity contribution in [3.05, 3.63) is 71.3 Å². The number of primary amides is 1. The van der Waals surface area contributed by atoms with Gasteiger partial charge in [0.25, 0.3) is 5.91 Å². The van der Waals surface area contributed by atoms with Crippen LogP contribution < -0.4 is 10.5 Å². The molecule has 0 aliphatic rings. The summed E-state index contributed by atoms with van der Waals surface area (Å²) in [7, 11) is 0. The van der Waals surface area contributed by atoms with Gasteiger partial charge in [-0.1, -0.05) is 30.3 Å². The van der Waals surface area contributed by atoms with Gasteiger partial charge in [-0.2, -0.15) is 13.2 Å². The molecular formula is C18H14F3NO3. The van der Waals surface area contributed by atoms with Crippen molar-refractivity contribution in [1.29, 1.82) is 0 Å². The minimum Gasteiger partial charge on any atom is -0.484 e. The molecule has 0 spiro atoms. The van der Waals surface area contributed by atoms with E-state index >= 15 is 0 Å². The number of ketones is 1. The third-order valence-electron chi connectivity index (χ3n) is 3.14. The van der Waals surface area contributed by atoms with Crippen LogP contribution in [0.3, 0.4) is 0 Å². The number of allylic oxidation sites excluding steroid dienone is 1. The van der Waals surface area contributed by atoms with Crippen LogP contribution in [0.5, 0.6) is 5.75 Å². The maximum Gasteiger partial charge on any atom is 0.416 e. The SMILES string of the molecule is NC(=O)COc1cccc(C(=O)/C=C/c2cccc(C(F)(F)F)c2)c1. The number of hydrogen-bond acceptors (Lipinski definition) is 3. The summed E-state index contributed by atoms with van der Waals surface area (Å²) in [5.74, 6) is -0.778. The maximum absolute atomic E-state index is 12.7. The molecule has 0 aromatic heterocycles. The van der Waals surface area contributed by atoms with Crippen LogP contribution in [-0.4, -0.2) is 18.3 Å². The van der Waals surface area contributed by atoms with E-state index in [0.29, 0.717) is 0 Å². The second-order valence-corrected chi connectivity index (χ2v) is 5.10. The summed E-state index contributed by atoms with van der Waals surface area (Å²) in [4.78, 5) is 22.8. The van der Waals surface area contributed by atoms with E-state index in [2.05, 4.69) is 0 Å². The van der Waals surface area contributed by atoms with E-state index in [1.807, 2.05) is 0 Å². The van der Waals surface area contributed by atoms with Crippen LogP contribution in [0, 0.1) is 0 Å². The highest BCUT2D eigenvalue weighted by atomic mass is 19.4. The number of alkyl halides is 3. The summed E-state index contributed by atoms with van der Waals surface area (Å²) in [5.41, 5.74) is 4.71. The van der Waals surface area contributed by atoms with Gasteiger partial charge in [-0.25, -0.2) is 0 Å². The van der Waals surface area contributed by atoms with E-state index < -0.39 is 23.4 Å². The Morgan fingerprint density at radius 2 is 1.80 bits per heavy atom. The Kier molecular flexibility index (Phi) is 5.59. The Bertz CT molecular complexity index is 813. The predicted molar refractivity (Wildman–Crippen MR) is 85.9 cm³/mol. The first-order valence-corrected chi connectivity index (χ1v) is 7.16. The summed E-state index contributed by atoms with van der Waals surface area (Å²) >= 11 is 0. The van der Waals surface area contributed by atoms with Crippen LogP contribution in [0.1, 0.15) is 21.5 Å². The number of ether oxygens (including phenoxy) is 1. The Morgan fingerprint density at radius 3 is 2.48 bits per heavy atom. The monoisotopic (exact) mass is 349 g/mol. The molecule has 4 nitrogen and oxygen atoms in total. The topological polar surface area (TPSA) is 69.4 Å². The quantitative estimate of drug-likeness (QED) is 0.641. The third-order valence-corrected chi connectivity index (χ3v) is 3.14. The number of halogens is 3. The molecule has 25 heavy (non-hydrogen) atoms. The normalized spacial score (nSPS) is 11.5. The number of rotatable bonds is 6. The van der Waals surface area contributed by atoms with Crippen LogP contribution in [0.2, 0.25) is 0 Å². The highest BCUT2D eigenvalue weighted by Crippen LogP contribution is 2.29. The zero-order chi connectivity index (χ0) is 18.4. The Hall–Kier alpha value is -3.09. The van der Waals surface area contributed by atoms with Crippen molar-refractivity contribution in [2.75, 3.05) is 6.61 Å². The van der Waals surface area contributed by atoms with E-state index in [4.69, 9.17) is 10.5 Å². The molecule has 0 aliphatic carbocycles. The largest absolute Gasteiger partial charge is 0.484 e. The van der Waals surface area contributed by atoms with Crippen molar-refractivity contribution in [3.63, 3.8) is 0 Å². The lowest BCUT2D eigenvalue weighted by Gasteiger charge is -2.06. The molecule has 2 N–H and O–H groups in total. The van der Waals surface area contributed by atoms with Gasteiger partial charge in [-0.05, 0) is 35.9 Å². The van der Waals surface area contributed by atoms with Gasteiger partial charge in [0.15, 0.2) is 12.4 Å². The van der Waals surface area contributed by atoms with Crippen molar-refractivity contribution in [2.45, 2.75) is 6.18 Å². The van der Waals surface area contributed by atoms with Crippen molar-refractivity contribution >= 4 is 17.8 Å². The second-order valence-electron chi connectivity index (χ2n) is 5.10. The lowest BCUT2D eigenvalue weighted by molar-refractivity contribution is -0.137. The molecule has 0 saturated heterocycles. The zero-order valence-corrected chi connectivity index (χ0v) is 12.9. The first kappa shape index (κ1) is 18.3. The second kappa shape index (κ2) is 7.65. The molecule has 7 heteroatoms. The lowest BCUT2D eigenvalue weighted by Crippen LogP contribution is -2.20. The number of carbonyl (C=O) groups is 2. The number of hydrogen-bond donors (Lipinski definition) is 1. The molecule has 0 aliphatic heterocycles. The van der Waals surface area contributed by atoms with E-state index in [0.717, 1.165) is 12.1 Å². The average molecular weight is 349 g/mol. The van der Waals surface area contributed by atoms with Gasteiger partial charge in [0.2, 0.25) is 0 Å². The van der Waals surface area contributed by atoms with Gasteiger partial charge >= 0.3 is 6.18 Å². The Labute approximate surface area is 141 Å². The molecule has 0 fully saturated rings. The molecule has 2 rings (SSSR count). The molecule has 0 heterocycles. The molecule has 0 unspecified atom stereocenters. The molecular weight excluding hydrogens is 335 g/mol.